The number of alkyl halides is 2. The van der Waals surface area contributed by atoms with Gasteiger partial charge in [0.15, 0.2) is 0 Å². The minimum Gasteiger partial charge on any atom is -0.390 e. The van der Waals surface area contributed by atoms with Gasteiger partial charge < -0.3 is 5.11 Å². The lowest BCUT2D eigenvalue weighted by Crippen LogP contribution is -2.23. The molecule has 0 spiro atoms. The summed E-state index contributed by atoms with van der Waals surface area (Å²) in [6, 6.07) is 0. The van der Waals surface area contributed by atoms with Crippen LogP contribution >= 0.6 is 0 Å². The maximum atomic E-state index is 12.9. The summed E-state index contributed by atoms with van der Waals surface area (Å²) in [4.78, 5) is 0. The lowest BCUT2D eigenvalue weighted by Gasteiger charge is -2.14. The first-order chi connectivity index (χ1) is 5.49. The fraction of sp³-hybridized carbons (Fsp3) is 0.571. The van der Waals surface area contributed by atoms with Crippen molar-refractivity contribution < 1.29 is 13.9 Å². The Labute approximate surface area is 68.6 Å². The van der Waals surface area contributed by atoms with Crippen LogP contribution in [-0.4, -0.2) is 21.5 Å². The molecule has 68 valence electrons. The molecule has 1 aromatic rings. The Kier molecular flexibility index (Phi) is 2.14. The first kappa shape index (κ1) is 9.12. The van der Waals surface area contributed by atoms with Crippen LogP contribution in [0.4, 0.5) is 8.78 Å². The van der Waals surface area contributed by atoms with E-state index in [0.29, 0.717) is 5.56 Å². The van der Waals surface area contributed by atoms with Gasteiger partial charge in [0.25, 0.3) is 0 Å². The number of aromatic nitrogens is 2. The molecular weight excluding hydrogens is 166 g/mol. The summed E-state index contributed by atoms with van der Waals surface area (Å²) < 4.78 is 26.9. The molecule has 0 radical (unpaired) electrons. The van der Waals surface area contributed by atoms with Crippen molar-refractivity contribution in [2.45, 2.75) is 12.8 Å². The molecule has 0 fully saturated rings. The van der Waals surface area contributed by atoms with E-state index in [4.69, 9.17) is 5.11 Å². The van der Waals surface area contributed by atoms with Gasteiger partial charge in [-0.05, 0) is 12.5 Å². The van der Waals surface area contributed by atoms with Crippen LogP contribution in [0.5, 0.6) is 0 Å². The van der Waals surface area contributed by atoms with Crippen LogP contribution < -0.4 is 0 Å². The third kappa shape index (κ3) is 1.32. The largest absolute Gasteiger partial charge is 0.390 e. The first-order valence-corrected chi connectivity index (χ1v) is 3.47. The van der Waals surface area contributed by atoms with Gasteiger partial charge >= 0.3 is 5.92 Å². The molecule has 3 nitrogen and oxygen atoms in total. The quantitative estimate of drug-likeness (QED) is 0.724. The number of hydrogen-bond acceptors (Lipinski definition) is 2. The zero-order chi connectivity index (χ0) is 9.35. The molecule has 1 aromatic heterocycles. The molecular formula is C7H10F2N2O. The zero-order valence-corrected chi connectivity index (χ0v) is 6.88. The van der Waals surface area contributed by atoms with Crippen molar-refractivity contribution in [1.82, 2.24) is 9.78 Å². The van der Waals surface area contributed by atoms with Crippen LogP contribution in [0.1, 0.15) is 11.3 Å². The average molecular weight is 176 g/mol. The maximum absolute atomic E-state index is 12.9. The van der Waals surface area contributed by atoms with Crippen LogP contribution in [0, 0.1) is 6.92 Å². The maximum Gasteiger partial charge on any atom is 0.312 e. The summed E-state index contributed by atoms with van der Waals surface area (Å²) in [6.07, 6.45) is 1.35. The molecule has 0 bridgehead atoms. The van der Waals surface area contributed by atoms with E-state index in [2.05, 4.69) is 5.10 Å². The summed E-state index contributed by atoms with van der Waals surface area (Å²) in [7, 11) is 1.42. The van der Waals surface area contributed by atoms with Gasteiger partial charge in [0.05, 0.1) is 6.20 Å². The van der Waals surface area contributed by atoms with Gasteiger partial charge in [-0.25, -0.2) is 0 Å². The fourth-order valence-corrected chi connectivity index (χ4v) is 1.15. The van der Waals surface area contributed by atoms with E-state index in [-0.39, 0.29) is 5.69 Å². The Bertz CT molecular complexity index is 263. The Morgan fingerprint density at radius 1 is 1.67 bits per heavy atom. The molecule has 0 aliphatic carbocycles. The van der Waals surface area contributed by atoms with Gasteiger partial charge in [0.2, 0.25) is 0 Å². The van der Waals surface area contributed by atoms with E-state index in [9.17, 15) is 8.78 Å². The third-order valence-corrected chi connectivity index (χ3v) is 1.67. The van der Waals surface area contributed by atoms with Gasteiger partial charge in [0.1, 0.15) is 12.3 Å². The fourth-order valence-electron chi connectivity index (χ4n) is 1.15. The Hall–Kier alpha value is -0.970. The summed E-state index contributed by atoms with van der Waals surface area (Å²) >= 11 is 0. The monoisotopic (exact) mass is 176 g/mol. The number of nitrogens with zero attached hydrogens (tertiary/aromatic N) is 2. The van der Waals surface area contributed by atoms with Crippen LogP contribution in [0.25, 0.3) is 0 Å². The lowest BCUT2D eigenvalue weighted by molar-refractivity contribution is -0.0625. The van der Waals surface area contributed by atoms with E-state index in [1.807, 2.05) is 0 Å². The van der Waals surface area contributed by atoms with E-state index in [1.165, 1.54) is 20.2 Å². The smallest absolute Gasteiger partial charge is 0.312 e. The predicted molar refractivity (Wildman–Crippen MR) is 38.9 cm³/mol. The zero-order valence-electron chi connectivity index (χ0n) is 6.88. The molecule has 0 atom stereocenters. The standard InChI is InChI=1S/C7H10F2N2O/c1-5-3-10-11(2)6(5)7(8,9)4-12/h3,12H,4H2,1-2H3. The van der Waals surface area contributed by atoms with Crippen molar-refractivity contribution in [3.05, 3.63) is 17.5 Å². The van der Waals surface area contributed by atoms with Crippen LogP contribution in [-0.2, 0) is 13.0 Å². The number of aliphatic hydroxyl groups excluding tert-OH is 1. The molecule has 0 aliphatic rings. The van der Waals surface area contributed by atoms with E-state index < -0.39 is 12.5 Å². The van der Waals surface area contributed by atoms with Crippen molar-refractivity contribution in [2.24, 2.45) is 7.05 Å². The third-order valence-electron chi connectivity index (χ3n) is 1.67. The van der Waals surface area contributed by atoms with Gasteiger partial charge in [-0.15, -0.1) is 0 Å². The van der Waals surface area contributed by atoms with Crippen molar-refractivity contribution in [3.63, 3.8) is 0 Å². The first-order valence-electron chi connectivity index (χ1n) is 3.47. The molecule has 0 aliphatic heterocycles. The predicted octanol–water partition coefficient (Wildman–Crippen LogP) is 0.813. The SMILES string of the molecule is Cc1cnn(C)c1C(F)(F)CO. The minimum atomic E-state index is -3.20. The second kappa shape index (κ2) is 2.82. The molecule has 12 heavy (non-hydrogen) atoms. The highest BCUT2D eigenvalue weighted by Crippen LogP contribution is 2.28. The number of hydrogen-bond donors (Lipinski definition) is 1. The van der Waals surface area contributed by atoms with Crippen LogP contribution in [0.15, 0.2) is 6.20 Å². The van der Waals surface area contributed by atoms with E-state index >= 15 is 0 Å². The summed E-state index contributed by atoms with van der Waals surface area (Å²) in [5.74, 6) is -3.20. The Morgan fingerprint density at radius 3 is 2.58 bits per heavy atom. The van der Waals surface area contributed by atoms with Crippen molar-refractivity contribution in [1.29, 1.82) is 0 Å². The van der Waals surface area contributed by atoms with Gasteiger partial charge in [-0.1, -0.05) is 0 Å². The molecule has 1 N–H and O–H groups in total. The number of rotatable bonds is 2. The summed E-state index contributed by atoms with van der Waals surface area (Å²) in [5.41, 5.74) is 0.154. The van der Waals surface area contributed by atoms with Crippen molar-refractivity contribution in [3.8, 4) is 0 Å². The molecule has 0 aromatic carbocycles. The van der Waals surface area contributed by atoms with Crippen molar-refractivity contribution in [2.75, 3.05) is 6.61 Å². The summed E-state index contributed by atoms with van der Waals surface area (Å²) in [6.45, 7) is 0.347. The molecule has 0 unspecified atom stereocenters. The molecule has 0 amide bonds. The topological polar surface area (TPSA) is 38.0 Å². The highest BCUT2D eigenvalue weighted by Gasteiger charge is 2.35. The van der Waals surface area contributed by atoms with Crippen molar-refractivity contribution >= 4 is 0 Å². The molecule has 0 saturated carbocycles. The number of halogens is 2. The summed E-state index contributed by atoms with van der Waals surface area (Å²) in [5, 5.41) is 12.1. The van der Waals surface area contributed by atoms with Gasteiger partial charge in [-0.2, -0.15) is 13.9 Å². The highest BCUT2D eigenvalue weighted by atomic mass is 19.3. The lowest BCUT2D eigenvalue weighted by atomic mass is 10.2. The highest BCUT2D eigenvalue weighted by molar-refractivity contribution is 5.20. The number of aryl methyl sites for hydroxylation is 2. The number of aliphatic hydroxyl groups is 1. The molecule has 1 rings (SSSR count). The minimum absolute atomic E-state index is 0.231. The van der Waals surface area contributed by atoms with Gasteiger partial charge in [0, 0.05) is 7.05 Å². The van der Waals surface area contributed by atoms with Crippen LogP contribution in [0.2, 0.25) is 0 Å². The Balaban J connectivity index is 3.17. The normalized spacial score (nSPS) is 12.1. The average Bonchev–Trinajstić information content (AvgIpc) is 2.31. The second-order valence-electron chi connectivity index (χ2n) is 2.66. The van der Waals surface area contributed by atoms with E-state index in [0.717, 1.165) is 4.68 Å². The second-order valence-corrected chi connectivity index (χ2v) is 2.66. The molecule has 1 heterocycles. The molecule has 0 saturated heterocycles. The van der Waals surface area contributed by atoms with Gasteiger partial charge in [-0.3, -0.25) is 4.68 Å². The Morgan fingerprint density at radius 2 is 2.25 bits per heavy atom. The van der Waals surface area contributed by atoms with Crippen LogP contribution in [0.3, 0.4) is 0 Å². The van der Waals surface area contributed by atoms with E-state index in [1.54, 1.807) is 0 Å². The molecule has 5 heteroatoms.